The number of aromatic nitrogens is 2. The van der Waals surface area contributed by atoms with Crippen LogP contribution >= 0.6 is 11.6 Å². The van der Waals surface area contributed by atoms with Crippen LogP contribution in [0.3, 0.4) is 0 Å². The number of H-pyrrole nitrogens is 1. The molecule has 90 valence electrons. The number of nitrogens with one attached hydrogen (secondary N) is 2. The number of hydrogen-bond acceptors (Lipinski definition) is 2. The Morgan fingerprint density at radius 1 is 1.47 bits per heavy atom. The average molecular weight is 254 g/mol. The Labute approximate surface area is 104 Å². The summed E-state index contributed by atoms with van der Waals surface area (Å²) in [6.45, 7) is 3.51. The highest BCUT2D eigenvalue weighted by atomic mass is 35.5. The van der Waals surface area contributed by atoms with E-state index in [1.54, 1.807) is 12.3 Å². The summed E-state index contributed by atoms with van der Waals surface area (Å²) in [4.78, 5) is 7.23. The fourth-order valence-corrected chi connectivity index (χ4v) is 1.71. The summed E-state index contributed by atoms with van der Waals surface area (Å²) in [5.74, 6) is 0.467. The monoisotopic (exact) mass is 253 g/mol. The Morgan fingerprint density at radius 3 is 3.06 bits per heavy atom. The van der Waals surface area contributed by atoms with Crippen molar-refractivity contribution < 1.29 is 4.39 Å². The van der Waals surface area contributed by atoms with Crippen LogP contribution in [0.25, 0.3) is 11.3 Å². The lowest BCUT2D eigenvalue weighted by Crippen LogP contribution is -2.12. The zero-order chi connectivity index (χ0) is 12.3. The number of imidazole rings is 1. The van der Waals surface area contributed by atoms with Crippen molar-refractivity contribution in [3.63, 3.8) is 0 Å². The first-order chi connectivity index (χ1) is 8.20. The molecule has 0 spiro atoms. The van der Waals surface area contributed by atoms with Crippen LogP contribution < -0.4 is 5.32 Å². The maximum Gasteiger partial charge on any atom is 0.132 e. The van der Waals surface area contributed by atoms with Gasteiger partial charge >= 0.3 is 0 Å². The van der Waals surface area contributed by atoms with E-state index in [4.69, 9.17) is 11.6 Å². The van der Waals surface area contributed by atoms with Crippen molar-refractivity contribution in [3.8, 4) is 11.3 Å². The smallest absolute Gasteiger partial charge is 0.132 e. The van der Waals surface area contributed by atoms with Crippen molar-refractivity contribution in [2.45, 2.75) is 13.5 Å². The Hall–Kier alpha value is -1.39. The van der Waals surface area contributed by atoms with Crippen molar-refractivity contribution in [1.29, 1.82) is 0 Å². The van der Waals surface area contributed by atoms with Crippen LogP contribution in [0.1, 0.15) is 12.7 Å². The molecular weight excluding hydrogens is 241 g/mol. The zero-order valence-electron chi connectivity index (χ0n) is 9.43. The number of benzene rings is 1. The number of aromatic amines is 1. The summed E-state index contributed by atoms with van der Waals surface area (Å²) in [6, 6.07) is 4.46. The average Bonchev–Trinajstić information content (AvgIpc) is 2.78. The summed E-state index contributed by atoms with van der Waals surface area (Å²) in [5.41, 5.74) is 1.07. The molecule has 0 atom stereocenters. The van der Waals surface area contributed by atoms with E-state index in [9.17, 15) is 4.39 Å². The van der Waals surface area contributed by atoms with Crippen LogP contribution in [-0.2, 0) is 6.54 Å². The predicted octanol–water partition coefficient (Wildman–Crippen LogP) is 2.98. The van der Waals surface area contributed by atoms with E-state index in [-0.39, 0.29) is 5.82 Å². The van der Waals surface area contributed by atoms with Gasteiger partial charge in [0.15, 0.2) is 0 Å². The molecule has 3 nitrogen and oxygen atoms in total. The van der Waals surface area contributed by atoms with Gasteiger partial charge in [-0.05, 0) is 24.7 Å². The molecular formula is C12H13ClFN3. The molecule has 2 aromatic rings. The van der Waals surface area contributed by atoms with Gasteiger partial charge < -0.3 is 10.3 Å². The van der Waals surface area contributed by atoms with E-state index in [0.29, 0.717) is 22.8 Å². The first-order valence-electron chi connectivity index (χ1n) is 5.40. The second kappa shape index (κ2) is 5.29. The van der Waals surface area contributed by atoms with E-state index in [0.717, 1.165) is 12.4 Å². The topological polar surface area (TPSA) is 40.7 Å². The van der Waals surface area contributed by atoms with Crippen LogP contribution in [0, 0.1) is 5.82 Å². The molecule has 0 unspecified atom stereocenters. The second-order valence-corrected chi connectivity index (χ2v) is 4.08. The number of hydrogen-bond donors (Lipinski definition) is 2. The molecule has 0 radical (unpaired) electrons. The fourth-order valence-electron chi connectivity index (χ4n) is 1.54. The van der Waals surface area contributed by atoms with E-state index >= 15 is 0 Å². The van der Waals surface area contributed by atoms with Gasteiger partial charge in [-0.25, -0.2) is 9.37 Å². The summed E-state index contributed by atoms with van der Waals surface area (Å²) in [7, 11) is 0. The first-order valence-corrected chi connectivity index (χ1v) is 5.78. The van der Waals surface area contributed by atoms with Gasteiger partial charge in [0, 0.05) is 10.6 Å². The summed E-state index contributed by atoms with van der Waals surface area (Å²) < 4.78 is 13.6. The summed E-state index contributed by atoms with van der Waals surface area (Å²) in [5, 5.41) is 3.65. The van der Waals surface area contributed by atoms with Gasteiger partial charge in [0.1, 0.15) is 11.6 Å². The molecule has 0 fully saturated rings. The maximum absolute atomic E-state index is 13.6. The summed E-state index contributed by atoms with van der Waals surface area (Å²) >= 11 is 5.84. The van der Waals surface area contributed by atoms with E-state index in [2.05, 4.69) is 15.3 Å². The van der Waals surface area contributed by atoms with Crippen molar-refractivity contribution in [3.05, 3.63) is 41.1 Å². The quantitative estimate of drug-likeness (QED) is 0.880. The Balaban J connectivity index is 2.27. The minimum Gasteiger partial charge on any atom is -0.341 e. The third-order valence-corrected chi connectivity index (χ3v) is 2.62. The lowest BCUT2D eigenvalue weighted by molar-refractivity contribution is 0.630. The third kappa shape index (κ3) is 2.84. The van der Waals surface area contributed by atoms with Crippen molar-refractivity contribution in [2.24, 2.45) is 0 Å². The van der Waals surface area contributed by atoms with Crippen molar-refractivity contribution >= 4 is 11.6 Å². The van der Waals surface area contributed by atoms with Gasteiger partial charge in [-0.1, -0.05) is 18.5 Å². The largest absolute Gasteiger partial charge is 0.341 e. The van der Waals surface area contributed by atoms with Gasteiger partial charge in [-0.3, -0.25) is 0 Å². The maximum atomic E-state index is 13.6. The van der Waals surface area contributed by atoms with Crippen LogP contribution in [0.15, 0.2) is 24.4 Å². The van der Waals surface area contributed by atoms with E-state index in [1.165, 1.54) is 12.1 Å². The highest BCUT2D eigenvalue weighted by molar-refractivity contribution is 6.30. The predicted molar refractivity (Wildman–Crippen MR) is 66.4 cm³/mol. The minimum absolute atomic E-state index is 0.312. The molecule has 0 aliphatic heterocycles. The normalized spacial score (nSPS) is 10.8. The van der Waals surface area contributed by atoms with Crippen molar-refractivity contribution in [1.82, 2.24) is 15.3 Å². The lowest BCUT2D eigenvalue weighted by atomic mass is 10.1. The molecule has 0 amide bonds. The molecule has 2 N–H and O–H groups in total. The highest BCUT2D eigenvalue weighted by Gasteiger charge is 2.08. The molecule has 5 heteroatoms. The molecule has 0 aliphatic carbocycles. The Kier molecular flexibility index (Phi) is 3.76. The Morgan fingerprint density at radius 2 is 2.29 bits per heavy atom. The third-order valence-electron chi connectivity index (χ3n) is 2.39. The lowest BCUT2D eigenvalue weighted by Gasteiger charge is -2.01. The van der Waals surface area contributed by atoms with Crippen LogP contribution in [0.4, 0.5) is 4.39 Å². The molecule has 1 aromatic heterocycles. The highest BCUT2D eigenvalue weighted by Crippen LogP contribution is 2.24. The standard InChI is InChI=1S/C12H13ClFN3/c1-2-15-7-12-16-6-11(17-12)9-5-8(13)3-4-10(9)14/h3-6,15H,2,7H2,1H3,(H,16,17). The van der Waals surface area contributed by atoms with Crippen LogP contribution in [-0.4, -0.2) is 16.5 Å². The molecule has 1 heterocycles. The van der Waals surface area contributed by atoms with Gasteiger partial charge in [0.25, 0.3) is 0 Å². The molecule has 2 rings (SSSR count). The SMILES string of the molecule is CCNCc1ncc(-c2cc(Cl)ccc2F)[nH]1. The number of halogens is 2. The fraction of sp³-hybridized carbons (Fsp3) is 0.250. The number of nitrogens with zero attached hydrogens (tertiary/aromatic N) is 1. The van der Waals surface area contributed by atoms with E-state index < -0.39 is 0 Å². The molecule has 0 aliphatic rings. The molecule has 1 aromatic carbocycles. The zero-order valence-corrected chi connectivity index (χ0v) is 10.2. The molecule has 17 heavy (non-hydrogen) atoms. The van der Waals surface area contributed by atoms with Gasteiger partial charge in [0.2, 0.25) is 0 Å². The Bertz CT molecular complexity index is 510. The van der Waals surface area contributed by atoms with Gasteiger partial charge in [-0.15, -0.1) is 0 Å². The molecule has 0 bridgehead atoms. The van der Waals surface area contributed by atoms with Crippen molar-refractivity contribution in [2.75, 3.05) is 6.54 Å². The second-order valence-electron chi connectivity index (χ2n) is 3.65. The molecule has 0 saturated heterocycles. The van der Waals surface area contributed by atoms with E-state index in [1.807, 2.05) is 6.92 Å². The minimum atomic E-state index is -0.312. The summed E-state index contributed by atoms with van der Waals surface area (Å²) in [6.07, 6.45) is 1.61. The van der Waals surface area contributed by atoms with Gasteiger partial charge in [-0.2, -0.15) is 0 Å². The van der Waals surface area contributed by atoms with Gasteiger partial charge in [0.05, 0.1) is 18.4 Å². The first kappa shape index (κ1) is 12.1. The van der Waals surface area contributed by atoms with Crippen LogP contribution in [0.2, 0.25) is 5.02 Å². The van der Waals surface area contributed by atoms with Crippen LogP contribution in [0.5, 0.6) is 0 Å². The number of rotatable bonds is 4. The molecule has 0 saturated carbocycles.